The number of methoxy groups -OCH3 is 1. The highest BCUT2D eigenvalue weighted by Gasteiger charge is 2.28. The molecule has 0 radical (unpaired) electrons. The molecule has 0 heterocycles. The Kier molecular flexibility index (Phi) is 15.9. The van der Waals surface area contributed by atoms with Crippen LogP contribution in [0, 0.1) is 5.92 Å². The van der Waals surface area contributed by atoms with Gasteiger partial charge in [-0.05, 0) is 54.2 Å². The summed E-state index contributed by atoms with van der Waals surface area (Å²) in [6.45, 7) is 2.85. The predicted octanol–water partition coefficient (Wildman–Crippen LogP) is 2.75. The molecule has 13 nitrogen and oxygen atoms in total. The van der Waals surface area contributed by atoms with Crippen LogP contribution in [0.15, 0.2) is 72.8 Å². The molecule has 6 N–H and O–H groups in total. The predicted molar refractivity (Wildman–Crippen MR) is 191 cm³/mol. The lowest BCUT2D eigenvalue weighted by atomic mass is 10.0. The van der Waals surface area contributed by atoms with Gasteiger partial charge >= 0.3 is 11.9 Å². The average molecular weight is 743 g/mol. The van der Waals surface area contributed by atoms with Gasteiger partial charge in [-0.15, -0.1) is 0 Å². The molecule has 0 bridgehead atoms. The van der Waals surface area contributed by atoms with Crippen LogP contribution >= 0.6 is 23.2 Å². The highest BCUT2D eigenvalue weighted by atomic mass is 35.5. The topological polar surface area (TPSA) is 195 Å². The first-order valence-corrected chi connectivity index (χ1v) is 16.8. The van der Waals surface area contributed by atoms with Crippen molar-refractivity contribution < 1.29 is 38.2 Å². The zero-order valence-electron chi connectivity index (χ0n) is 28.4. The number of benzene rings is 3. The number of halogens is 2. The molecule has 3 aromatic rings. The quantitative estimate of drug-likeness (QED) is 0.102. The zero-order chi connectivity index (χ0) is 37.5. The molecule has 15 heteroatoms. The van der Waals surface area contributed by atoms with Crippen molar-refractivity contribution in [3.63, 3.8) is 0 Å². The summed E-state index contributed by atoms with van der Waals surface area (Å²) in [5.74, 6) is -3.56. The summed E-state index contributed by atoms with van der Waals surface area (Å²) < 4.78 is 10.2. The summed E-state index contributed by atoms with van der Waals surface area (Å²) in [7, 11) is 1.23. The maximum atomic E-state index is 13.2. The lowest BCUT2D eigenvalue weighted by Gasteiger charge is -2.23. The van der Waals surface area contributed by atoms with Crippen molar-refractivity contribution in [2.24, 2.45) is 11.7 Å². The minimum atomic E-state index is -1.06. The lowest BCUT2D eigenvalue weighted by molar-refractivity contribution is -0.145. The van der Waals surface area contributed by atoms with Gasteiger partial charge in [0.25, 0.3) is 0 Å². The average Bonchev–Trinajstić information content (AvgIpc) is 3.09. The van der Waals surface area contributed by atoms with E-state index in [4.69, 9.17) is 38.4 Å². The number of carbonyl (C=O) groups is 6. The fraction of sp³-hybridized carbons (Fsp3) is 0.333. The highest BCUT2D eigenvalue weighted by molar-refractivity contribution is 6.39. The first-order chi connectivity index (χ1) is 24.3. The lowest BCUT2D eigenvalue weighted by Crippen LogP contribution is -2.54. The van der Waals surface area contributed by atoms with Crippen LogP contribution in [0.3, 0.4) is 0 Å². The summed E-state index contributed by atoms with van der Waals surface area (Å²) in [5.41, 5.74) is 7.49. The van der Waals surface area contributed by atoms with Crippen molar-refractivity contribution in [3.8, 4) is 5.75 Å². The third kappa shape index (κ3) is 13.3. The molecular formula is C36H41Cl2N5O8. The number of nitrogens with one attached hydrogen (secondary N) is 4. The van der Waals surface area contributed by atoms with E-state index in [1.54, 1.807) is 42.5 Å². The summed E-state index contributed by atoms with van der Waals surface area (Å²) in [5, 5.41) is 10.4. The van der Waals surface area contributed by atoms with E-state index in [1.807, 2.05) is 19.9 Å². The Bertz CT molecular complexity index is 1670. The van der Waals surface area contributed by atoms with Crippen molar-refractivity contribution in [1.29, 1.82) is 0 Å². The third-order valence-electron chi connectivity index (χ3n) is 7.41. The third-order valence-corrected chi connectivity index (χ3v) is 8.04. The number of rotatable bonds is 17. The van der Waals surface area contributed by atoms with Gasteiger partial charge in [0.15, 0.2) is 0 Å². The smallest absolute Gasteiger partial charge is 0.346 e. The molecule has 0 fully saturated rings. The Morgan fingerprint density at radius 3 is 1.92 bits per heavy atom. The summed E-state index contributed by atoms with van der Waals surface area (Å²) in [6.07, 6.45) is 0.570. The number of nitrogens with two attached hydrogens (primary N) is 1. The van der Waals surface area contributed by atoms with Crippen LogP contribution in [0.4, 0.5) is 0 Å². The van der Waals surface area contributed by atoms with Crippen molar-refractivity contribution in [1.82, 2.24) is 21.3 Å². The van der Waals surface area contributed by atoms with Gasteiger partial charge < -0.3 is 36.5 Å². The molecule has 51 heavy (non-hydrogen) atoms. The molecule has 0 saturated carbocycles. The van der Waals surface area contributed by atoms with Crippen LogP contribution < -0.4 is 31.7 Å². The van der Waals surface area contributed by atoms with Gasteiger partial charge in [-0.1, -0.05) is 85.6 Å². The van der Waals surface area contributed by atoms with Gasteiger partial charge in [-0.25, -0.2) is 9.59 Å². The molecule has 3 atom stereocenters. The molecule has 0 saturated heterocycles. The largest absolute Gasteiger partial charge is 0.467 e. The van der Waals surface area contributed by atoms with Crippen molar-refractivity contribution in [2.75, 3.05) is 20.2 Å². The highest BCUT2D eigenvalue weighted by Crippen LogP contribution is 2.26. The van der Waals surface area contributed by atoms with Crippen LogP contribution in [0.25, 0.3) is 0 Å². The second-order valence-corrected chi connectivity index (χ2v) is 12.8. The molecule has 0 aliphatic rings. The summed E-state index contributed by atoms with van der Waals surface area (Å²) in [6, 6.07) is 16.9. The molecule has 0 aromatic heterocycles. The van der Waals surface area contributed by atoms with Gasteiger partial charge in [0.05, 0.1) is 41.8 Å². The van der Waals surface area contributed by atoms with E-state index in [1.165, 1.54) is 31.4 Å². The van der Waals surface area contributed by atoms with Gasteiger partial charge in [0.2, 0.25) is 23.6 Å². The fourth-order valence-corrected chi connectivity index (χ4v) is 5.39. The maximum absolute atomic E-state index is 13.2. The molecule has 0 aliphatic heterocycles. The number of hydrogen-bond acceptors (Lipinski definition) is 9. The molecular weight excluding hydrogens is 701 g/mol. The molecule has 3 aromatic carbocycles. The second-order valence-electron chi connectivity index (χ2n) is 12.0. The summed E-state index contributed by atoms with van der Waals surface area (Å²) in [4.78, 5) is 75.8. The number of amides is 4. The minimum Gasteiger partial charge on any atom is -0.467 e. The fourth-order valence-electron chi connectivity index (χ4n) is 4.84. The van der Waals surface area contributed by atoms with E-state index in [0.29, 0.717) is 12.0 Å². The molecule has 3 rings (SSSR count). The first-order valence-electron chi connectivity index (χ1n) is 16.0. The van der Waals surface area contributed by atoms with E-state index < -0.39 is 66.8 Å². The van der Waals surface area contributed by atoms with Crippen LogP contribution in [-0.2, 0) is 41.6 Å². The first kappa shape index (κ1) is 40.4. The normalized spacial score (nSPS) is 12.5. The number of esters is 2. The molecule has 0 unspecified atom stereocenters. The molecule has 272 valence electrons. The van der Waals surface area contributed by atoms with Crippen LogP contribution in [0.2, 0.25) is 10.0 Å². The standard InChI is InChI=1S/C36H41Cl2N5O8/c1-21(2)16-29(35(48)50-3)43-34(47)28(18-22-8-5-4-6-9-22)42-31(45)20-40-30(44)19-41-33(46)27(39)17-23-12-14-24(15-13-23)51-36(49)32-25(37)10-7-11-26(32)38/h4-15,21,27-29H,16-20,39H2,1-3H3,(H,40,44)(H,41,46)(H,42,45)(H,43,47)/t27-,28-,29-/m0/s1. The Labute approximate surface area is 305 Å². The van der Waals surface area contributed by atoms with Gasteiger partial charge in [0, 0.05) is 6.42 Å². The summed E-state index contributed by atoms with van der Waals surface area (Å²) >= 11 is 12.1. The monoisotopic (exact) mass is 741 g/mol. The van der Waals surface area contributed by atoms with E-state index in [9.17, 15) is 28.8 Å². The number of ether oxygens (including phenoxy) is 2. The van der Waals surface area contributed by atoms with Crippen molar-refractivity contribution in [2.45, 2.75) is 51.2 Å². The Morgan fingerprint density at radius 2 is 1.31 bits per heavy atom. The second kappa shape index (κ2) is 20.0. The van der Waals surface area contributed by atoms with E-state index in [-0.39, 0.29) is 40.1 Å². The van der Waals surface area contributed by atoms with Gasteiger partial charge in [0.1, 0.15) is 17.8 Å². The number of hydrogen-bond donors (Lipinski definition) is 5. The van der Waals surface area contributed by atoms with Crippen LogP contribution in [0.1, 0.15) is 41.8 Å². The van der Waals surface area contributed by atoms with E-state index >= 15 is 0 Å². The Hall–Kier alpha value is -4.98. The molecule has 4 amide bonds. The molecule has 0 aliphatic carbocycles. The number of carbonyl (C=O) groups excluding carboxylic acids is 6. The maximum Gasteiger partial charge on any atom is 0.346 e. The van der Waals surface area contributed by atoms with Crippen LogP contribution in [-0.4, -0.2) is 73.9 Å². The molecule has 0 spiro atoms. The minimum absolute atomic E-state index is 0.0376. The van der Waals surface area contributed by atoms with E-state index in [2.05, 4.69) is 21.3 Å². The Morgan fingerprint density at radius 1 is 0.706 bits per heavy atom. The van der Waals surface area contributed by atoms with Gasteiger partial charge in [-0.3, -0.25) is 19.2 Å². The van der Waals surface area contributed by atoms with Crippen molar-refractivity contribution in [3.05, 3.63) is 99.5 Å². The van der Waals surface area contributed by atoms with E-state index in [0.717, 1.165) is 5.56 Å². The van der Waals surface area contributed by atoms with Crippen molar-refractivity contribution >= 4 is 58.8 Å². The van der Waals surface area contributed by atoms with Gasteiger partial charge in [-0.2, -0.15) is 0 Å². The van der Waals surface area contributed by atoms with Crippen LogP contribution in [0.5, 0.6) is 5.75 Å². The SMILES string of the molecule is COC(=O)[C@H](CC(C)C)NC(=O)[C@H](Cc1ccccc1)NC(=O)CNC(=O)CNC(=O)[C@@H](N)Cc1ccc(OC(=O)c2c(Cl)cccc2Cl)cc1. The zero-order valence-corrected chi connectivity index (χ0v) is 29.9. The Balaban J connectivity index is 1.48.